The fourth-order valence-electron chi connectivity index (χ4n) is 3.43. The fourth-order valence-corrected chi connectivity index (χ4v) is 4.19. The fraction of sp³-hybridized carbons (Fsp3) is 0.167. The Kier molecular flexibility index (Phi) is 6.04. The molecule has 0 radical (unpaired) electrons. The Hall–Kier alpha value is -3.58. The summed E-state index contributed by atoms with van der Waals surface area (Å²) < 4.78 is 10.9. The second-order valence-electron chi connectivity index (χ2n) is 6.88. The minimum atomic E-state index is -0.321. The van der Waals surface area contributed by atoms with Gasteiger partial charge in [-0.15, -0.1) is 11.3 Å². The monoisotopic (exact) mass is 434 g/mol. The van der Waals surface area contributed by atoms with Crippen LogP contribution in [0.1, 0.15) is 4.88 Å². The topological polar surface area (TPSA) is 59.1 Å². The van der Waals surface area contributed by atoms with Crippen molar-refractivity contribution in [3.05, 3.63) is 82.7 Å². The summed E-state index contributed by atoms with van der Waals surface area (Å²) in [7, 11) is 3.41. The van der Waals surface area contributed by atoms with Crippen molar-refractivity contribution < 1.29 is 19.1 Å². The van der Waals surface area contributed by atoms with Gasteiger partial charge in [0.2, 0.25) is 0 Å². The predicted octanol–water partition coefficient (Wildman–Crippen LogP) is 4.05. The Labute approximate surface area is 184 Å². The van der Waals surface area contributed by atoms with E-state index in [1.54, 1.807) is 43.3 Å². The largest absolute Gasteiger partial charge is 0.497 e. The zero-order valence-electron chi connectivity index (χ0n) is 17.3. The molecule has 2 heterocycles. The van der Waals surface area contributed by atoms with Gasteiger partial charge in [-0.25, -0.2) is 0 Å². The average Bonchev–Trinajstić information content (AvgIpc) is 3.41. The van der Waals surface area contributed by atoms with Crippen LogP contribution in [0.15, 0.2) is 77.8 Å². The molecule has 31 heavy (non-hydrogen) atoms. The minimum absolute atomic E-state index is 0.157. The number of benzene rings is 2. The van der Waals surface area contributed by atoms with E-state index in [1.165, 1.54) is 16.2 Å². The first kappa shape index (κ1) is 20.7. The van der Waals surface area contributed by atoms with Crippen LogP contribution in [0.25, 0.3) is 5.57 Å². The van der Waals surface area contributed by atoms with Crippen molar-refractivity contribution in [2.75, 3.05) is 32.2 Å². The van der Waals surface area contributed by atoms with Crippen molar-refractivity contribution >= 4 is 34.4 Å². The molecule has 0 saturated heterocycles. The van der Waals surface area contributed by atoms with Crippen LogP contribution < -0.4 is 14.4 Å². The van der Waals surface area contributed by atoms with E-state index in [-0.39, 0.29) is 25.0 Å². The number of methoxy groups -OCH3 is 1. The normalized spacial score (nSPS) is 13.7. The predicted molar refractivity (Wildman–Crippen MR) is 121 cm³/mol. The number of imide groups is 1. The molecule has 2 aromatic carbocycles. The molecule has 4 rings (SSSR count). The second-order valence-corrected chi connectivity index (χ2v) is 7.83. The van der Waals surface area contributed by atoms with Crippen LogP contribution in [-0.4, -0.2) is 44.0 Å². The van der Waals surface area contributed by atoms with Crippen molar-refractivity contribution in [2.45, 2.75) is 0 Å². The molecule has 1 aliphatic heterocycles. The molecule has 7 heteroatoms. The summed E-state index contributed by atoms with van der Waals surface area (Å²) in [5.74, 6) is 0.755. The van der Waals surface area contributed by atoms with E-state index in [1.807, 2.05) is 47.8 Å². The third-order valence-corrected chi connectivity index (χ3v) is 5.92. The lowest BCUT2D eigenvalue weighted by Crippen LogP contribution is -2.37. The summed E-state index contributed by atoms with van der Waals surface area (Å²) in [6.45, 7) is 0.356. The molecule has 0 saturated carbocycles. The third-order valence-electron chi connectivity index (χ3n) is 5.03. The number of hydrogen-bond acceptors (Lipinski definition) is 6. The molecule has 0 N–H and O–H groups in total. The van der Waals surface area contributed by atoms with E-state index in [2.05, 4.69) is 0 Å². The van der Waals surface area contributed by atoms with Crippen LogP contribution in [0, 0.1) is 0 Å². The van der Waals surface area contributed by atoms with Gasteiger partial charge < -0.3 is 14.4 Å². The molecule has 3 aromatic rings. The first-order chi connectivity index (χ1) is 15.1. The van der Waals surface area contributed by atoms with Gasteiger partial charge in [0.25, 0.3) is 11.8 Å². The molecule has 0 unspecified atom stereocenters. The van der Waals surface area contributed by atoms with Crippen molar-refractivity contribution in [1.29, 1.82) is 0 Å². The number of hydrogen-bond donors (Lipinski definition) is 0. The maximum absolute atomic E-state index is 13.3. The number of rotatable bonds is 8. The number of thiophene rings is 1. The van der Waals surface area contributed by atoms with Gasteiger partial charge in [0.1, 0.15) is 23.8 Å². The molecule has 1 aromatic heterocycles. The number of likely N-dealkylation sites (N-methyl/N-ethyl adjacent to an activating group) is 1. The summed E-state index contributed by atoms with van der Waals surface area (Å²) >= 11 is 1.44. The Balaban J connectivity index is 1.55. The number of para-hydroxylation sites is 1. The van der Waals surface area contributed by atoms with E-state index in [0.29, 0.717) is 17.0 Å². The highest BCUT2D eigenvalue weighted by Crippen LogP contribution is 2.35. The first-order valence-electron chi connectivity index (χ1n) is 9.80. The third kappa shape index (κ3) is 4.18. The molecule has 6 nitrogen and oxygen atoms in total. The zero-order chi connectivity index (χ0) is 21.8. The van der Waals surface area contributed by atoms with Gasteiger partial charge in [0.05, 0.1) is 19.2 Å². The Bertz CT molecular complexity index is 1090. The van der Waals surface area contributed by atoms with E-state index < -0.39 is 0 Å². The summed E-state index contributed by atoms with van der Waals surface area (Å²) in [5.41, 5.74) is 1.64. The molecule has 0 atom stereocenters. The van der Waals surface area contributed by atoms with E-state index in [0.717, 1.165) is 16.3 Å². The van der Waals surface area contributed by atoms with Gasteiger partial charge in [-0.3, -0.25) is 14.5 Å². The van der Waals surface area contributed by atoms with E-state index >= 15 is 0 Å². The summed E-state index contributed by atoms with van der Waals surface area (Å²) in [4.78, 5) is 30.3. The van der Waals surface area contributed by atoms with Gasteiger partial charge in [-0.2, -0.15) is 0 Å². The van der Waals surface area contributed by atoms with E-state index in [9.17, 15) is 9.59 Å². The Morgan fingerprint density at radius 1 is 0.903 bits per heavy atom. The maximum atomic E-state index is 13.3. The quantitative estimate of drug-likeness (QED) is 0.501. The van der Waals surface area contributed by atoms with E-state index in [4.69, 9.17) is 9.47 Å². The van der Waals surface area contributed by atoms with Crippen molar-refractivity contribution in [2.24, 2.45) is 0 Å². The van der Waals surface area contributed by atoms with Crippen molar-refractivity contribution in [3.63, 3.8) is 0 Å². The second kappa shape index (κ2) is 9.06. The van der Waals surface area contributed by atoms with Crippen molar-refractivity contribution in [3.8, 4) is 11.5 Å². The first-order valence-corrected chi connectivity index (χ1v) is 10.7. The zero-order valence-corrected chi connectivity index (χ0v) is 18.1. The minimum Gasteiger partial charge on any atom is -0.497 e. The molecule has 0 fully saturated rings. The number of amides is 2. The summed E-state index contributed by atoms with van der Waals surface area (Å²) in [6.07, 6.45) is 0. The molecule has 0 spiro atoms. The van der Waals surface area contributed by atoms with Crippen LogP contribution in [0.3, 0.4) is 0 Å². The van der Waals surface area contributed by atoms with Crippen LogP contribution in [-0.2, 0) is 9.59 Å². The summed E-state index contributed by atoms with van der Waals surface area (Å²) in [6, 6.07) is 20.4. The number of ether oxygens (including phenoxy) is 2. The number of carbonyl (C=O) groups excluding carboxylic acids is 2. The molecule has 2 amide bonds. The Morgan fingerprint density at radius 3 is 2.26 bits per heavy atom. The summed E-state index contributed by atoms with van der Waals surface area (Å²) in [5, 5.41) is 1.90. The molecule has 1 aliphatic rings. The highest BCUT2D eigenvalue weighted by Gasteiger charge is 2.41. The Morgan fingerprint density at radius 2 is 1.61 bits per heavy atom. The lowest BCUT2D eigenvalue weighted by atomic mass is 10.1. The lowest BCUT2D eigenvalue weighted by Gasteiger charge is -2.21. The molecule has 158 valence electrons. The molecular formula is C24H22N2O4S. The SMILES string of the molecule is COc1ccc(OCCN2C(=O)C(c3cccs3)=C(N(C)c3ccccc3)C2=O)cc1. The lowest BCUT2D eigenvalue weighted by molar-refractivity contribution is -0.137. The van der Waals surface area contributed by atoms with Gasteiger partial charge in [0.15, 0.2) is 0 Å². The van der Waals surface area contributed by atoms with Crippen LogP contribution in [0.4, 0.5) is 5.69 Å². The standard InChI is InChI=1S/C24H22N2O4S/c1-25(17-7-4-3-5-8-17)22-21(20-9-6-16-31-20)23(27)26(24(22)28)14-15-30-19-12-10-18(29-2)11-13-19/h3-13,16H,14-15H2,1-2H3. The maximum Gasteiger partial charge on any atom is 0.278 e. The molecule has 0 aliphatic carbocycles. The number of carbonyl (C=O) groups is 2. The highest BCUT2D eigenvalue weighted by atomic mass is 32.1. The van der Waals surface area contributed by atoms with Crippen LogP contribution >= 0.6 is 11.3 Å². The number of anilines is 1. The average molecular weight is 435 g/mol. The van der Waals surface area contributed by atoms with Crippen LogP contribution in [0.2, 0.25) is 0 Å². The van der Waals surface area contributed by atoms with Gasteiger partial charge in [-0.1, -0.05) is 24.3 Å². The van der Waals surface area contributed by atoms with Gasteiger partial charge in [0, 0.05) is 17.6 Å². The van der Waals surface area contributed by atoms with Crippen molar-refractivity contribution in [1.82, 2.24) is 4.90 Å². The smallest absolute Gasteiger partial charge is 0.278 e. The highest BCUT2D eigenvalue weighted by molar-refractivity contribution is 7.11. The number of nitrogens with zero attached hydrogens (tertiary/aromatic N) is 2. The van der Waals surface area contributed by atoms with Gasteiger partial charge >= 0.3 is 0 Å². The van der Waals surface area contributed by atoms with Gasteiger partial charge in [-0.05, 0) is 47.8 Å². The molecule has 0 bridgehead atoms. The molecular weight excluding hydrogens is 412 g/mol. The van der Waals surface area contributed by atoms with Crippen LogP contribution in [0.5, 0.6) is 11.5 Å².